The molecule has 0 spiro atoms. The molecule has 0 aromatic heterocycles. The molecule has 7 heteroatoms. The lowest BCUT2D eigenvalue weighted by Gasteiger charge is -2.40. The number of ether oxygens (including phenoxy) is 1. The van der Waals surface area contributed by atoms with E-state index in [1.807, 2.05) is 0 Å². The van der Waals surface area contributed by atoms with Crippen molar-refractivity contribution in [2.24, 2.45) is 0 Å². The quantitative estimate of drug-likeness (QED) is 0.344. The van der Waals surface area contributed by atoms with Gasteiger partial charge in [-0.1, -0.05) is 0 Å². The van der Waals surface area contributed by atoms with Gasteiger partial charge in [-0.05, 0) is 0 Å². The molecule has 7 nitrogen and oxygen atoms in total. The van der Waals surface area contributed by atoms with Crippen molar-refractivity contribution < 1.29 is 31.4 Å². The van der Waals surface area contributed by atoms with Gasteiger partial charge in [-0.25, -0.2) is 0 Å². The first-order chi connectivity index (χ1) is 6.97. The van der Waals surface area contributed by atoms with Crippen molar-refractivity contribution in [2.75, 3.05) is 6.61 Å². The number of carbonyl (C=O) groups is 1. The van der Waals surface area contributed by atoms with Gasteiger partial charge in [0.25, 0.3) is 0 Å². The summed E-state index contributed by atoms with van der Waals surface area (Å²) in [4.78, 5) is 10.7. The van der Waals surface area contributed by atoms with Gasteiger partial charge in [0.1, 0.15) is 24.4 Å². The van der Waals surface area contributed by atoms with Crippen LogP contribution in [0.1, 0.15) is 8.35 Å². The second-order valence-corrected chi connectivity index (χ2v) is 3.46. The average Bonchev–Trinajstić information content (AvgIpc) is 2.18. The molecule has 1 saturated heterocycles. The van der Waals surface area contributed by atoms with Crippen LogP contribution in [0.2, 0.25) is 0 Å². The van der Waals surface area contributed by atoms with Gasteiger partial charge < -0.3 is 30.5 Å². The van der Waals surface area contributed by atoms with Crippen LogP contribution in [0.25, 0.3) is 0 Å². The molecule has 5 N–H and O–H groups in total. The molecule has 5 atom stereocenters. The number of hydrogen-bond acceptors (Lipinski definition) is 6. The first-order valence-corrected chi connectivity index (χ1v) is 4.55. The molecule has 1 amide bonds. The molecule has 0 saturated carbocycles. The van der Waals surface area contributed by atoms with Gasteiger partial charge in [-0.2, -0.15) is 0 Å². The summed E-state index contributed by atoms with van der Waals surface area (Å²) in [5.41, 5.74) is 0. The molecule has 1 fully saturated rings. The molecule has 1 unspecified atom stereocenters. The van der Waals surface area contributed by atoms with Gasteiger partial charge in [0.15, 0.2) is 6.29 Å². The number of aliphatic hydroxyl groups is 4. The molecular formula is C8H17NO6. The highest BCUT2D eigenvalue weighted by Crippen LogP contribution is 2.19. The van der Waals surface area contributed by atoms with Crippen molar-refractivity contribution >= 4 is 5.91 Å². The highest BCUT2D eigenvalue weighted by Gasteiger charge is 2.43. The Bertz CT molecular complexity index is 241. The third kappa shape index (κ3) is 2.64. The van der Waals surface area contributed by atoms with Crippen LogP contribution < -0.4 is 5.32 Å². The number of amides is 1. The van der Waals surface area contributed by atoms with Crippen LogP contribution in [0.15, 0.2) is 0 Å². The zero-order valence-electron chi connectivity index (χ0n) is 8.20. The van der Waals surface area contributed by atoms with E-state index in [0.29, 0.717) is 0 Å². The van der Waals surface area contributed by atoms with E-state index in [1.165, 1.54) is 6.92 Å². The Kier molecular flexibility index (Phi) is 4.00. The minimum atomic E-state index is -1.45. The third-order valence-corrected chi connectivity index (χ3v) is 2.27. The van der Waals surface area contributed by atoms with Crippen LogP contribution >= 0.6 is 0 Å². The molecule has 0 aromatic carbocycles. The van der Waals surface area contributed by atoms with E-state index in [1.54, 1.807) is 0 Å². The molecule has 90 valence electrons. The Morgan fingerprint density at radius 1 is 1.40 bits per heavy atom. The average molecular weight is 223 g/mol. The van der Waals surface area contributed by atoms with Crippen molar-refractivity contribution in [1.29, 1.82) is 0 Å². The fourth-order valence-corrected chi connectivity index (χ4v) is 1.49. The maximum Gasteiger partial charge on any atom is 0.217 e. The van der Waals surface area contributed by atoms with Gasteiger partial charge in [-0.3, -0.25) is 4.79 Å². The second kappa shape index (κ2) is 4.86. The topological polar surface area (TPSA) is 119 Å². The van der Waals surface area contributed by atoms with Crippen LogP contribution in [0.4, 0.5) is 0 Å². The van der Waals surface area contributed by atoms with Crippen LogP contribution in [-0.4, -0.2) is 63.6 Å². The van der Waals surface area contributed by atoms with E-state index < -0.39 is 43.2 Å². The van der Waals surface area contributed by atoms with Crippen molar-refractivity contribution in [1.82, 2.24) is 5.32 Å². The number of nitrogens with one attached hydrogen (secondary N) is 1. The van der Waals surface area contributed by atoms with Crippen LogP contribution in [0.3, 0.4) is 0 Å². The number of hydrogen-bond donors (Lipinski definition) is 5. The zero-order valence-corrected chi connectivity index (χ0v) is 8.20. The van der Waals surface area contributed by atoms with Crippen molar-refractivity contribution in [3.63, 3.8) is 0 Å². The maximum absolute atomic E-state index is 10.7. The fraction of sp³-hybridized carbons (Fsp3) is 0.875. The predicted octanol–water partition coefficient (Wildman–Crippen LogP) is -2.83. The van der Waals surface area contributed by atoms with Crippen molar-refractivity contribution in [3.8, 4) is 0 Å². The lowest BCUT2D eigenvalue weighted by atomic mass is 9.97. The summed E-state index contributed by atoms with van der Waals surface area (Å²) >= 11 is 0. The molecule has 0 aromatic rings. The van der Waals surface area contributed by atoms with Gasteiger partial charge in [-0.15, -0.1) is 0 Å². The molecule has 1 aliphatic heterocycles. The Balaban J connectivity index is 0.00000225. The monoisotopic (exact) mass is 223 g/mol. The van der Waals surface area contributed by atoms with E-state index >= 15 is 0 Å². The van der Waals surface area contributed by atoms with Crippen LogP contribution in [-0.2, 0) is 9.53 Å². The Hall–Kier alpha value is -0.730. The van der Waals surface area contributed by atoms with E-state index in [9.17, 15) is 20.1 Å². The lowest BCUT2D eigenvalue weighted by molar-refractivity contribution is -0.253. The van der Waals surface area contributed by atoms with Gasteiger partial charge in [0.05, 0.1) is 6.61 Å². The summed E-state index contributed by atoms with van der Waals surface area (Å²) < 4.78 is 4.81. The van der Waals surface area contributed by atoms with Crippen LogP contribution in [0, 0.1) is 0 Å². The summed E-state index contributed by atoms with van der Waals surface area (Å²) in [6, 6.07) is -1.10. The Labute approximate surface area is 87.8 Å². The maximum atomic E-state index is 10.7. The van der Waals surface area contributed by atoms with Crippen molar-refractivity contribution in [3.05, 3.63) is 0 Å². The lowest BCUT2D eigenvalue weighted by Crippen LogP contribution is -2.63. The van der Waals surface area contributed by atoms with E-state index in [4.69, 9.17) is 9.84 Å². The molecule has 15 heavy (non-hydrogen) atoms. The Morgan fingerprint density at radius 3 is 2.47 bits per heavy atom. The minimum Gasteiger partial charge on any atom is -0.394 e. The third-order valence-electron chi connectivity index (χ3n) is 2.27. The van der Waals surface area contributed by atoms with Gasteiger partial charge >= 0.3 is 0 Å². The molecule has 1 rings (SSSR count). The highest BCUT2D eigenvalue weighted by atomic mass is 16.6. The van der Waals surface area contributed by atoms with Gasteiger partial charge in [0, 0.05) is 8.35 Å². The largest absolute Gasteiger partial charge is 0.394 e. The molecule has 0 bridgehead atoms. The summed E-state index contributed by atoms with van der Waals surface area (Å²) in [5.74, 6) is -0.462. The summed E-state index contributed by atoms with van der Waals surface area (Å²) in [7, 11) is 0. The SMILES string of the molecule is CC(=O)N[C@H]1C(O)O[C@H](CO)[C@H](O)[C@@H]1O.[HH]. The number of aliphatic hydroxyl groups excluding tert-OH is 4. The van der Waals surface area contributed by atoms with Crippen LogP contribution in [0.5, 0.6) is 0 Å². The highest BCUT2D eigenvalue weighted by molar-refractivity contribution is 5.73. The molecular weight excluding hydrogens is 206 g/mol. The van der Waals surface area contributed by atoms with Gasteiger partial charge in [0.2, 0.25) is 5.91 Å². The van der Waals surface area contributed by atoms with Crippen molar-refractivity contribution in [2.45, 2.75) is 37.6 Å². The predicted molar refractivity (Wildman–Crippen MR) is 49.7 cm³/mol. The first kappa shape index (κ1) is 12.3. The summed E-state index contributed by atoms with van der Waals surface area (Å²) in [6.07, 6.45) is -5.24. The number of carbonyl (C=O) groups excluding carboxylic acids is 1. The summed E-state index contributed by atoms with van der Waals surface area (Å²) in [6.45, 7) is 0.687. The second-order valence-electron chi connectivity index (χ2n) is 3.46. The molecule has 0 aliphatic carbocycles. The zero-order chi connectivity index (χ0) is 11.6. The van der Waals surface area contributed by atoms with E-state index in [0.717, 1.165) is 0 Å². The first-order valence-electron chi connectivity index (χ1n) is 4.55. The minimum absolute atomic E-state index is 0. The number of rotatable bonds is 2. The summed E-state index contributed by atoms with van der Waals surface area (Å²) in [5, 5.41) is 39.4. The Morgan fingerprint density at radius 2 is 2.00 bits per heavy atom. The van der Waals surface area contributed by atoms with E-state index in [2.05, 4.69) is 5.32 Å². The molecule has 1 heterocycles. The molecule has 1 aliphatic rings. The fourth-order valence-electron chi connectivity index (χ4n) is 1.49. The van der Waals surface area contributed by atoms with E-state index in [-0.39, 0.29) is 1.43 Å². The normalized spacial score (nSPS) is 41.3. The standard InChI is InChI=1S/C8H15NO6.H2/c1-3(11)9-5-7(13)6(12)4(2-10)15-8(5)14;/h4-8,10,12-14H,2H2,1H3,(H,9,11);1H/t4-,5-,6+,7-,8?;/m1./s1. The molecule has 0 radical (unpaired) electrons. The smallest absolute Gasteiger partial charge is 0.217 e.